The minimum Gasteiger partial charge on any atom is -0.370 e. The molecule has 1 aliphatic carbocycles. The maximum absolute atomic E-state index is 13.1. The SMILES string of the molecule is CCNc1nc(Nc2cn([C@@]3(C)CCCC3=O)nc2C)ncc1C(F)(F)F. The molecule has 0 saturated heterocycles. The molecular formula is C17H21F3N6O. The van der Waals surface area contributed by atoms with Gasteiger partial charge in [0.05, 0.1) is 11.4 Å². The molecule has 146 valence electrons. The Kier molecular flexibility index (Phi) is 4.83. The first-order valence-electron chi connectivity index (χ1n) is 8.70. The van der Waals surface area contributed by atoms with Crippen molar-refractivity contribution in [2.45, 2.75) is 51.7 Å². The third-order valence-corrected chi connectivity index (χ3v) is 4.76. The number of ketones is 1. The Bertz CT molecular complexity index is 863. The zero-order valence-electron chi connectivity index (χ0n) is 15.3. The van der Waals surface area contributed by atoms with E-state index in [0.29, 0.717) is 24.2 Å². The van der Waals surface area contributed by atoms with Gasteiger partial charge in [-0.25, -0.2) is 4.98 Å². The predicted molar refractivity (Wildman–Crippen MR) is 94.0 cm³/mol. The van der Waals surface area contributed by atoms with Gasteiger partial charge in [-0.3, -0.25) is 9.48 Å². The first-order valence-corrected chi connectivity index (χ1v) is 8.70. The van der Waals surface area contributed by atoms with Crippen LogP contribution in [0.2, 0.25) is 0 Å². The van der Waals surface area contributed by atoms with Gasteiger partial charge >= 0.3 is 6.18 Å². The fourth-order valence-corrected chi connectivity index (χ4v) is 3.15. The fourth-order valence-electron chi connectivity index (χ4n) is 3.15. The highest BCUT2D eigenvalue weighted by Gasteiger charge is 2.40. The largest absolute Gasteiger partial charge is 0.421 e. The van der Waals surface area contributed by atoms with Gasteiger partial charge in [0, 0.05) is 25.4 Å². The summed E-state index contributed by atoms with van der Waals surface area (Å²) in [6.45, 7) is 5.56. The fraction of sp³-hybridized carbons (Fsp3) is 0.529. The Morgan fingerprint density at radius 1 is 1.37 bits per heavy atom. The summed E-state index contributed by atoms with van der Waals surface area (Å²) in [5.74, 6) is -0.147. The number of aromatic nitrogens is 4. The van der Waals surface area contributed by atoms with E-state index in [0.717, 1.165) is 12.6 Å². The van der Waals surface area contributed by atoms with E-state index in [1.165, 1.54) is 0 Å². The average molecular weight is 382 g/mol. The number of nitrogens with one attached hydrogen (secondary N) is 2. The summed E-state index contributed by atoms with van der Waals surface area (Å²) in [7, 11) is 0. The van der Waals surface area contributed by atoms with Crippen LogP contribution in [0.5, 0.6) is 0 Å². The summed E-state index contributed by atoms with van der Waals surface area (Å²) in [6, 6.07) is 0. The molecule has 10 heteroatoms. The van der Waals surface area contributed by atoms with Gasteiger partial charge in [-0.15, -0.1) is 0 Å². The summed E-state index contributed by atoms with van der Waals surface area (Å²) < 4.78 is 40.8. The zero-order chi connectivity index (χ0) is 19.8. The van der Waals surface area contributed by atoms with E-state index in [1.54, 1.807) is 24.7 Å². The maximum atomic E-state index is 13.1. The van der Waals surface area contributed by atoms with Crippen molar-refractivity contribution in [3.8, 4) is 0 Å². The number of rotatable bonds is 5. The van der Waals surface area contributed by atoms with Crippen molar-refractivity contribution in [3.05, 3.63) is 23.7 Å². The summed E-state index contributed by atoms with van der Waals surface area (Å²) in [5, 5.41) is 9.92. The summed E-state index contributed by atoms with van der Waals surface area (Å²) in [4.78, 5) is 19.9. The molecule has 27 heavy (non-hydrogen) atoms. The smallest absolute Gasteiger partial charge is 0.370 e. The van der Waals surface area contributed by atoms with Crippen molar-refractivity contribution in [2.75, 3.05) is 17.2 Å². The summed E-state index contributed by atoms with van der Waals surface area (Å²) in [5.41, 5.74) is -0.477. The lowest BCUT2D eigenvalue weighted by Crippen LogP contribution is -2.34. The van der Waals surface area contributed by atoms with Gasteiger partial charge in [-0.2, -0.15) is 23.3 Å². The Hall–Kier alpha value is -2.65. The van der Waals surface area contributed by atoms with E-state index < -0.39 is 17.3 Å². The van der Waals surface area contributed by atoms with Crippen LogP contribution in [0.1, 0.15) is 44.4 Å². The number of nitrogens with zero attached hydrogens (tertiary/aromatic N) is 4. The van der Waals surface area contributed by atoms with Crippen molar-refractivity contribution >= 4 is 23.2 Å². The third-order valence-electron chi connectivity index (χ3n) is 4.76. The lowest BCUT2D eigenvalue weighted by atomic mass is 10.0. The molecule has 2 N–H and O–H groups in total. The lowest BCUT2D eigenvalue weighted by Gasteiger charge is -2.22. The Morgan fingerprint density at radius 2 is 2.11 bits per heavy atom. The monoisotopic (exact) mass is 382 g/mol. The molecule has 0 unspecified atom stereocenters. The minimum atomic E-state index is -4.55. The van der Waals surface area contributed by atoms with Crippen molar-refractivity contribution in [3.63, 3.8) is 0 Å². The molecule has 2 aromatic rings. The number of hydrogen-bond donors (Lipinski definition) is 2. The molecular weight excluding hydrogens is 361 g/mol. The minimum absolute atomic E-state index is 0.0181. The third kappa shape index (κ3) is 3.60. The van der Waals surface area contributed by atoms with Gasteiger partial charge in [0.2, 0.25) is 5.95 Å². The van der Waals surface area contributed by atoms with Crippen molar-refractivity contribution in [2.24, 2.45) is 0 Å². The first-order chi connectivity index (χ1) is 12.6. The van der Waals surface area contributed by atoms with Crippen LogP contribution in [-0.2, 0) is 16.5 Å². The van der Waals surface area contributed by atoms with Crippen LogP contribution < -0.4 is 10.6 Å². The van der Waals surface area contributed by atoms with Crippen LogP contribution in [0, 0.1) is 6.92 Å². The molecule has 1 aliphatic rings. The van der Waals surface area contributed by atoms with E-state index in [-0.39, 0.29) is 24.1 Å². The van der Waals surface area contributed by atoms with Crippen LogP contribution in [-0.4, -0.2) is 32.1 Å². The molecule has 0 bridgehead atoms. The molecule has 0 spiro atoms. The normalized spacial score (nSPS) is 20.1. The molecule has 2 heterocycles. The van der Waals surface area contributed by atoms with E-state index >= 15 is 0 Å². The molecule has 0 aliphatic heterocycles. The highest BCUT2D eigenvalue weighted by Crippen LogP contribution is 2.35. The van der Waals surface area contributed by atoms with Crippen molar-refractivity contribution in [1.82, 2.24) is 19.7 Å². The van der Waals surface area contributed by atoms with Gasteiger partial charge in [0.1, 0.15) is 16.9 Å². The van der Waals surface area contributed by atoms with E-state index in [2.05, 4.69) is 25.7 Å². The Labute approximate surface area is 154 Å². The first kappa shape index (κ1) is 19.1. The number of carbonyl (C=O) groups excluding carboxylic acids is 1. The summed E-state index contributed by atoms with van der Waals surface area (Å²) >= 11 is 0. The van der Waals surface area contributed by atoms with Gasteiger partial charge < -0.3 is 10.6 Å². The quantitative estimate of drug-likeness (QED) is 0.821. The van der Waals surface area contributed by atoms with Crippen molar-refractivity contribution in [1.29, 1.82) is 0 Å². The average Bonchev–Trinajstić information content (AvgIpc) is 3.11. The lowest BCUT2D eigenvalue weighted by molar-refractivity contribution is -0.137. The van der Waals surface area contributed by atoms with Crippen LogP contribution in [0.3, 0.4) is 0 Å². The van der Waals surface area contributed by atoms with Gasteiger partial charge in [-0.1, -0.05) is 0 Å². The summed E-state index contributed by atoms with van der Waals surface area (Å²) in [6.07, 6.45) is -0.0965. The number of anilines is 3. The maximum Gasteiger partial charge on any atom is 0.421 e. The highest BCUT2D eigenvalue weighted by atomic mass is 19.4. The van der Waals surface area contributed by atoms with Gasteiger partial charge in [0.25, 0.3) is 0 Å². The number of carbonyl (C=O) groups is 1. The van der Waals surface area contributed by atoms with Crippen LogP contribution in [0.15, 0.2) is 12.4 Å². The molecule has 7 nitrogen and oxygen atoms in total. The number of hydrogen-bond acceptors (Lipinski definition) is 6. The van der Waals surface area contributed by atoms with Crippen LogP contribution in [0.4, 0.5) is 30.6 Å². The number of halogens is 3. The molecule has 1 atom stereocenters. The molecule has 0 aromatic carbocycles. The van der Waals surface area contributed by atoms with Crippen molar-refractivity contribution < 1.29 is 18.0 Å². The second-order valence-corrected chi connectivity index (χ2v) is 6.73. The van der Waals surface area contributed by atoms with Crippen LogP contribution in [0.25, 0.3) is 0 Å². The van der Waals surface area contributed by atoms with Gasteiger partial charge in [-0.05, 0) is 33.6 Å². The van der Waals surface area contributed by atoms with Crippen LogP contribution >= 0.6 is 0 Å². The second-order valence-electron chi connectivity index (χ2n) is 6.73. The molecule has 2 aromatic heterocycles. The second kappa shape index (κ2) is 6.82. The Morgan fingerprint density at radius 3 is 2.70 bits per heavy atom. The van der Waals surface area contributed by atoms with E-state index in [4.69, 9.17) is 0 Å². The molecule has 1 fully saturated rings. The topological polar surface area (TPSA) is 84.7 Å². The molecule has 1 saturated carbocycles. The number of aryl methyl sites for hydroxylation is 1. The van der Waals surface area contributed by atoms with Gasteiger partial charge in [0.15, 0.2) is 5.78 Å². The molecule has 0 radical (unpaired) electrons. The Balaban J connectivity index is 1.90. The zero-order valence-corrected chi connectivity index (χ0v) is 15.3. The predicted octanol–water partition coefficient (Wildman–Crippen LogP) is 3.64. The highest BCUT2D eigenvalue weighted by molar-refractivity contribution is 5.88. The molecule has 0 amide bonds. The number of alkyl halides is 3. The standard InChI is InChI=1S/C17H21F3N6O/c1-4-21-14-11(17(18,19)20)8-22-15(24-14)23-12-9-26(25-10(12)2)16(3)7-5-6-13(16)27/h8-9H,4-7H2,1-3H3,(H2,21,22,23,24)/t16-/m0/s1. The molecule has 3 rings (SSSR count). The van der Waals surface area contributed by atoms with E-state index in [9.17, 15) is 18.0 Å². The number of Topliss-reactive ketones (excluding diaryl/α,β-unsaturated/α-hetero) is 1. The van der Waals surface area contributed by atoms with E-state index in [1.807, 2.05) is 6.92 Å².